The van der Waals surface area contributed by atoms with Gasteiger partial charge in [-0.15, -0.1) is 0 Å². The Morgan fingerprint density at radius 1 is 0.882 bits per heavy atom. The number of hydrogen-bond donors (Lipinski definition) is 0. The van der Waals surface area contributed by atoms with Gasteiger partial charge in [0.05, 0.1) is 0 Å². The molecule has 0 radical (unpaired) electrons. The summed E-state index contributed by atoms with van der Waals surface area (Å²) in [5.41, 5.74) is 5.38. The van der Waals surface area contributed by atoms with E-state index in [1.165, 1.54) is 43.8 Å². The van der Waals surface area contributed by atoms with Gasteiger partial charge in [0, 0.05) is 11.3 Å². The molecule has 0 spiro atoms. The van der Waals surface area contributed by atoms with Crippen molar-refractivity contribution >= 4 is 32.7 Å². The summed E-state index contributed by atoms with van der Waals surface area (Å²) in [6.45, 7) is 8.98. The zero-order valence-electron chi connectivity index (χ0n) is 20.8. The van der Waals surface area contributed by atoms with E-state index in [0.29, 0.717) is 11.8 Å². The Bertz CT molecular complexity index is 1360. The molecule has 3 unspecified atom stereocenters. The number of hydrogen-bond acceptors (Lipinski definition) is 0. The number of fused-ring (bicyclic) bond motifs is 3. The molecule has 2 aliphatic carbocycles. The Morgan fingerprint density at radius 2 is 1.53 bits per heavy atom. The van der Waals surface area contributed by atoms with Crippen LogP contribution in [-0.2, 0) is 0 Å². The van der Waals surface area contributed by atoms with Gasteiger partial charge in [0.25, 0.3) is 0 Å². The Labute approximate surface area is 204 Å². The van der Waals surface area contributed by atoms with E-state index in [1.807, 2.05) is 0 Å². The van der Waals surface area contributed by atoms with E-state index in [2.05, 4.69) is 137 Å². The van der Waals surface area contributed by atoms with Gasteiger partial charge >= 0.3 is 0 Å². The molecule has 0 fully saturated rings. The van der Waals surface area contributed by atoms with Crippen LogP contribution in [-0.4, -0.2) is 0 Å². The van der Waals surface area contributed by atoms with Crippen molar-refractivity contribution < 1.29 is 0 Å². The summed E-state index contributed by atoms with van der Waals surface area (Å²) in [6, 6.07) is 17.9. The molecule has 0 saturated carbocycles. The number of benzene rings is 3. The van der Waals surface area contributed by atoms with Crippen molar-refractivity contribution in [3.63, 3.8) is 0 Å². The van der Waals surface area contributed by atoms with Crippen LogP contribution in [0, 0.1) is 17.3 Å². The zero-order chi connectivity index (χ0) is 23.7. The maximum Gasteiger partial charge on any atom is 0.0148 e. The van der Waals surface area contributed by atoms with Crippen LogP contribution in [0.5, 0.6) is 0 Å². The highest BCUT2D eigenvalue weighted by atomic mass is 14.4. The van der Waals surface area contributed by atoms with Crippen LogP contribution in [0.4, 0.5) is 0 Å². The van der Waals surface area contributed by atoms with Crippen molar-refractivity contribution in [2.75, 3.05) is 0 Å². The first kappa shape index (κ1) is 22.4. The van der Waals surface area contributed by atoms with Crippen LogP contribution >= 0.6 is 0 Å². The fraction of sp³-hybridized carbons (Fsp3) is 0.235. The predicted molar refractivity (Wildman–Crippen MR) is 151 cm³/mol. The maximum absolute atomic E-state index is 2.44. The van der Waals surface area contributed by atoms with Gasteiger partial charge in [0.2, 0.25) is 0 Å². The smallest absolute Gasteiger partial charge is 0.0148 e. The van der Waals surface area contributed by atoms with E-state index in [9.17, 15) is 0 Å². The summed E-state index contributed by atoms with van der Waals surface area (Å²) in [4.78, 5) is 0. The molecule has 0 heteroatoms. The van der Waals surface area contributed by atoms with Crippen LogP contribution in [0.3, 0.4) is 0 Å². The summed E-state index contributed by atoms with van der Waals surface area (Å²) in [5, 5.41) is 5.31. The van der Waals surface area contributed by atoms with E-state index >= 15 is 0 Å². The van der Waals surface area contributed by atoms with Crippen LogP contribution in [0.25, 0.3) is 32.7 Å². The molecule has 3 aromatic carbocycles. The van der Waals surface area contributed by atoms with Gasteiger partial charge in [-0.3, -0.25) is 0 Å². The topological polar surface area (TPSA) is 0 Å². The maximum atomic E-state index is 2.44. The van der Waals surface area contributed by atoms with Gasteiger partial charge in [0.15, 0.2) is 0 Å². The van der Waals surface area contributed by atoms with Gasteiger partial charge in [-0.05, 0) is 63.1 Å². The molecule has 0 bridgehead atoms. The Morgan fingerprint density at radius 3 is 2.15 bits per heavy atom. The molecule has 0 nitrogen and oxygen atoms in total. The van der Waals surface area contributed by atoms with Crippen LogP contribution in [0.15, 0.2) is 109 Å². The van der Waals surface area contributed by atoms with E-state index < -0.39 is 0 Å². The normalized spacial score (nSPS) is 24.6. The van der Waals surface area contributed by atoms with Crippen LogP contribution in [0.1, 0.15) is 45.2 Å². The largest absolute Gasteiger partial charge is 0.0842 e. The molecule has 5 rings (SSSR count). The van der Waals surface area contributed by atoms with E-state index in [-0.39, 0.29) is 5.41 Å². The predicted octanol–water partition coefficient (Wildman–Crippen LogP) is 9.70. The summed E-state index contributed by atoms with van der Waals surface area (Å²) in [7, 11) is 0. The zero-order valence-corrected chi connectivity index (χ0v) is 20.8. The summed E-state index contributed by atoms with van der Waals surface area (Å²) < 4.78 is 0. The first-order valence-electron chi connectivity index (χ1n) is 12.6. The second kappa shape index (κ2) is 9.11. The SMILES string of the molecule is C/C=C(\C=C/CC)c1c2ccccc2c(C2=CC=CC3(C)C=CC(C)C=CC23)c2ccccc12. The van der Waals surface area contributed by atoms with Gasteiger partial charge in [-0.1, -0.05) is 130 Å². The highest BCUT2D eigenvalue weighted by Gasteiger charge is 2.35. The summed E-state index contributed by atoms with van der Waals surface area (Å²) in [5.74, 6) is 0.757. The van der Waals surface area contributed by atoms with Crippen LogP contribution < -0.4 is 0 Å². The molecule has 34 heavy (non-hydrogen) atoms. The third kappa shape index (κ3) is 3.72. The first-order chi connectivity index (χ1) is 16.6. The lowest BCUT2D eigenvalue weighted by Gasteiger charge is -2.36. The van der Waals surface area contributed by atoms with Crippen molar-refractivity contribution in [1.29, 1.82) is 0 Å². The second-order valence-electron chi connectivity index (χ2n) is 9.82. The third-order valence-corrected chi connectivity index (χ3v) is 7.46. The molecular formula is C34H34. The van der Waals surface area contributed by atoms with E-state index in [0.717, 1.165) is 6.42 Å². The van der Waals surface area contributed by atoms with Crippen LogP contribution in [0.2, 0.25) is 0 Å². The average Bonchev–Trinajstić information content (AvgIpc) is 3.02. The lowest BCUT2D eigenvalue weighted by atomic mass is 9.67. The fourth-order valence-electron chi connectivity index (χ4n) is 5.64. The molecule has 0 heterocycles. The quantitative estimate of drug-likeness (QED) is 0.214. The first-order valence-corrected chi connectivity index (χ1v) is 12.6. The minimum Gasteiger partial charge on any atom is -0.0842 e. The molecule has 0 saturated heterocycles. The molecule has 2 aliphatic rings. The van der Waals surface area contributed by atoms with Gasteiger partial charge in [-0.25, -0.2) is 0 Å². The minimum absolute atomic E-state index is 0.0232. The van der Waals surface area contributed by atoms with Crippen molar-refractivity contribution in [2.45, 2.75) is 34.1 Å². The summed E-state index contributed by atoms with van der Waals surface area (Å²) in [6.07, 6.45) is 24.4. The molecule has 0 aliphatic heterocycles. The van der Waals surface area contributed by atoms with Crippen molar-refractivity contribution in [2.24, 2.45) is 17.3 Å². The van der Waals surface area contributed by atoms with Gasteiger partial charge in [0.1, 0.15) is 0 Å². The van der Waals surface area contributed by atoms with Crippen molar-refractivity contribution in [3.05, 3.63) is 120 Å². The standard InChI is InChI=1S/C34H34/c1-5-7-13-25(6-2)32-26-14-8-10-16-28(26)33(29-17-11-9-15-27(29)32)30-18-12-22-34(4)23-21-24(3)19-20-31(30)34/h6-24,31H,5H2,1-4H3/b13-7-,25-6+. The average molecular weight is 443 g/mol. The van der Waals surface area contributed by atoms with E-state index in [4.69, 9.17) is 0 Å². The lowest BCUT2D eigenvalue weighted by molar-refractivity contribution is 0.471. The molecule has 0 amide bonds. The molecule has 3 atom stereocenters. The molecule has 0 N–H and O–H groups in total. The molecule has 3 aromatic rings. The monoisotopic (exact) mass is 442 g/mol. The number of rotatable bonds is 4. The molecular weight excluding hydrogens is 408 g/mol. The Balaban J connectivity index is 1.87. The number of allylic oxidation sites excluding steroid dienone is 12. The van der Waals surface area contributed by atoms with Gasteiger partial charge in [-0.2, -0.15) is 0 Å². The Kier molecular flexibility index (Phi) is 6.00. The molecule has 170 valence electrons. The van der Waals surface area contributed by atoms with Crippen molar-refractivity contribution in [3.8, 4) is 0 Å². The Hall–Kier alpha value is -3.38. The van der Waals surface area contributed by atoms with E-state index in [1.54, 1.807) is 0 Å². The molecule has 0 aromatic heterocycles. The summed E-state index contributed by atoms with van der Waals surface area (Å²) >= 11 is 0. The fourth-order valence-corrected chi connectivity index (χ4v) is 5.64. The third-order valence-electron chi connectivity index (χ3n) is 7.46. The minimum atomic E-state index is -0.0232. The second-order valence-corrected chi connectivity index (χ2v) is 9.82. The van der Waals surface area contributed by atoms with Gasteiger partial charge < -0.3 is 0 Å². The lowest BCUT2D eigenvalue weighted by Crippen LogP contribution is -2.24. The highest BCUT2D eigenvalue weighted by molar-refractivity contribution is 6.17. The highest BCUT2D eigenvalue weighted by Crippen LogP contribution is 2.49. The van der Waals surface area contributed by atoms with Crippen molar-refractivity contribution in [1.82, 2.24) is 0 Å².